The minimum absolute atomic E-state index is 0.660. The van der Waals surface area contributed by atoms with E-state index in [0.717, 1.165) is 38.0 Å². The van der Waals surface area contributed by atoms with Gasteiger partial charge in [-0.05, 0) is 51.2 Å². The average molecular weight is 357 g/mol. The molecule has 0 spiro atoms. The number of hydrogen-bond acceptors (Lipinski definition) is 4. The fourth-order valence-corrected chi connectivity index (χ4v) is 3.00. The highest BCUT2D eigenvalue weighted by Crippen LogP contribution is 2.16. The first-order valence-corrected chi connectivity index (χ1v) is 10.1. The third kappa shape index (κ3) is 11.4. The summed E-state index contributed by atoms with van der Waals surface area (Å²) in [7, 11) is 1.82. The quantitative estimate of drug-likeness (QED) is 0.301. The first-order valence-electron chi connectivity index (χ1n) is 10.1. The number of likely N-dealkylation sites (tertiary alicyclic amines) is 1. The summed E-state index contributed by atoms with van der Waals surface area (Å²) in [5, 5.41) is 6.76. The van der Waals surface area contributed by atoms with Crippen LogP contribution in [0.2, 0.25) is 0 Å². The molecule has 0 bridgehead atoms. The smallest absolute Gasteiger partial charge is 0.191 e. The van der Waals surface area contributed by atoms with Crippen LogP contribution in [0.5, 0.6) is 0 Å². The first kappa shape index (κ1) is 22.2. The molecule has 0 unspecified atom stereocenters. The van der Waals surface area contributed by atoms with Crippen LogP contribution in [0.25, 0.3) is 0 Å². The summed E-state index contributed by atoms with van der Waals surface area (Å²) in [6.45, 7) is 12.8. The van der Waals surface area contributed by atoms with Gasteiger partial charge in [-0.1, -0.05) is 20.3 Å². The largest absolute Gasteiger partial charge is 0.379 e. The van der Waals surface area contributed by atoms with Gasteiger partial charge in [0.15, 0.2) is 5.96 Å². The Morgan fingerprint density at radius 2 is 1.72 bits per heavy atom. The number of ether oxygens (including phenoxy) is 2. The van der Waals surface area contributed by atoms with Crippen LogP contribution in [0.4, 0.5) is 0 Å². The number of aliphatic imine (C=N–C) groups is 1. The molecular formula is C19H40N4O2. The Labute approximate surface area is 154 Å². The zero-order valence-electron chi connectivity index (χ0n) is 16.7. The lowest BCUT2D eigenvalue weighted by molar-refractivity contribution is 0.0487. The van der Waals surface area contributed by atoms with Crippen molar-refractivity contribution in [2.75, 3.05) is 66.2 Å². The molecule has 2 N–H and O–H groups in total. The van der Waals surface area contributed by atoms with Crippen LogP contribution in [0, 0.1) is 5.92 Å². The van der Waals surface area contributed by atoms with Crippen molar-refractivity contribution in [1.82, 2.24) is 15.5 Å². The number of nitrogens with one attached hydrogen (secondary N) is 2. The van der Waals surface area contributed by atoms with Gasteiger partial charge in [0.05, 0.1) is 19.8 Å². The summed E-state index contributed by atoms with van der Waals surface area (Å²) in [6.07, 6.45) is 6.12. The molecule has 0 saturated carbocycles. The Hall–Kier alpha value is -0.850. The molecule has 1 saturated heterocycles. The molecule has 1 aliphatic rings. The maximum Gasteiger partial charge on any atom is 0.191 e. The third-order valence-corrected chi connectivity index (χ3v) is 4.58. The van der Waals surface area contributed by atoms with E-state index in [1.165, 1.54) is 45.3 Å². The van der Waals surface area contributed by atoms with Crippen LogP contribution in [-0.2, 0) is 9.47 Å². The highest BCUT2D eigenvalue weighted by molar-refractivity contribution is 5.79. The molecule has 148 valence electrons. The van der Waals surface area contributed by atoms with Crippen molar-refractivity contribution in [2.24, 2.45) is 10.9 Å². The molecule has 0 aromatic heterocycles. The van der Waals surface area contributed by atoms with Crippen LogP contribution in [0.3, 0.4) is 0 Å². The predicted molar refractivity (Wildman–Crippen MR) is 105 cm³/mol. The lowest BCUT2D eigenvalue weighted by Gasteiger charge is -2.32. The Morgan fingerprint density at radius 1 is 1.00 bits per heavy atom. The Kier molecular flexibility index (Phi) is 13.7. The van der Waals surface area contributed by atoms with Gasteiger partial charge in [-0.3, -0.25) is 4.99 Å². The van der Waals surface area contributed by atoms with E-state index in [1.54, 1.807) is 0 Å². The Bertz CT molecular complexity index is 331. The van der Waals surface area contributed by atoms with Crippen molar-refractivity contribution in [1.29, 1.82) is 0 Å². The maximum atomic E-state index is 5.56. The van der Waals surface area contributed by atoms with Crippen molar-refractivity contribution in [3.8, 4) is 0 Å². The van der Waals surface area contributed by atoms with Crippen LogP contribution in [0.15, 0.2) is 4.99 Å². The highest BCUT2D eigenvalue weighted by atomic mass is 16.5. The molecule has 6 nitrogen and oxygen atoms in total. The van der Waals surface area contributed by atoms with Crippen LogP contribution < -0.4 is 10.6 Å². The number of unbranched alkanes of at least 4 members (excludes halogenated alkanes) is 1. The van der Waals surface area contributed by atoms with Gasteiger partial charge in [0.1, 0.15) is 0 Å². The zero-order valence-corrected chi connectivity index (χ0v) is 16.7. The van der Waals surface area contributed by atoms with Crippen molar-refractivity contribution >= 4 is 5.96 Å². The third-order valence-electron chi connectivity index (χ3n) is 4.58. The molecule has 6 heteroatoms. The topological polar surface area (TPSA) is 58.1 Å². The van der Waals surface area contributed by atoms with Crippen molar-refractivity contribution in [3.63, 3.8) is 0 Å². The summed E-state index contributed by atoms with van der Waals surface area (Å²) in [4.78, 5) is 6.86. The highest BCUT2D eigenvalue weighted by Gasteiger charge is 2.18. The summed E-state index contributed by atoms with van der Waals surface area (Å²) in [5.41, 5.74) is 0. The molecule has 0 aromatic carbocycles. The summed E-state index contributed by atoms with van der Waals surface area (Å²) >= 11 is 0. The van der Waals surface area contributed by atoms with Gasteiger partial charge in [-0.15, -0.1) is 0 Å². The molecule has 25 heavy (non-hydrogen) atoms. The lowest BCUT2D eigenvalue weighted by atomic mass is 9.97. The standard InChI is InChI=1S/C19H40N4O2/c1-4-6-13-24-15-16-25-14-9-21-19(20-3)22-17-18-7-11-23(10-5-2)12-8-18/h18H,4-17H2,1-3H3,(H2,20,21,22). The minimum Gasteiger partial charge on any atom is -0.379 e. The van der Waals surface area contributed by atoms with Crippen molar-refractivity contribution in [3.05, 3.63) is 0 Å². The molecule has 0 radical (unpaired) electrons. The lowest BCUT2D eigenvalue weighted by Crippen LogP contribution is -2.43. The van der Waals surface area contributed by atoms with Crippen molar-refractivity contribution in [2.45, 2.75) is 46.0 Å². The number of hydrogen-bond donors (Lipinski definition) is 2. The average Bonchev–Trinajstić information content (AvgIpc) is 2.64. The second-order valence-electron chi connectivity index (χ2n) is 6.74. The fraction of sp³-hybridized carbons (Fsp3) is 0.947. The number of piperidine rings is 1. The van der Waals surface area contributed by atoms with E-state index in [4.69, 9.17) is 9.47 Å². The monoisotopic (exact) mass is 356 g/mol. The van der Waals surface area contributed by atoms with E-state index >= 15 is 0 Å². The van der Waals surface area contributed by atoms with E-state index in [2.05, 4.69) is 34.4 Å². The molecule has 1 rings (SSSR count). The van der Waals surface area contributed by atoms with Gasteiger partial charge in [-0.25, -0.2) is 0 Å². The van der Waals surface area contributed by atoms with Crippen LogP contribution in [-0.4, -0.2) is 77.1 Å². The Morgan fingerprint density at radius 3 is 2.36 bits per heavy atom. The summed E-state index contributed by atoms with van der Waals surface area (Å²) < 4.78 is 11.0. The van der Waals surface area contributed by atoms with E-state index in [0.29, 0.717) is 19.8 Å². The van der Waals surface area contributed by atoms with E-state index < -0.39 is 0 Å². The summed E-state index contributed by atoms with van der Waals surface area (Å²) in [5.74, 6) is 1.63. The molecule has 1 aliphatic heterocycles. The predicted octanol–water partition coefficient (Wildman–Crippen LogP) is 2.11. The molecule has 1 fully saturated rings. The van der Waals surface area contributed by atoms with Crippen LogP contribution in [0.1, 0.15) is 46.0 Å². The Balaban J connectivity index is 1.98. The number of nitrogens with zero attached hydrogens (tertiary/aromatic N) is 2. The molecule has 0 aliphatic carbocycles. The summed E-state index contributed by atoms with van der Waals surface area (Å²) in [6, 6.07) is 0. The fourth-order valence-electron chi connectivity index (χ4n) is 3.00. The van der Waals surface area contributed by atoms with Gasteiger partial charge < -0.3 is 25.0 Å². The SMILES string of the molecule is CCCCOCCOCCNC(=NC)NCC1CCN(CCC)CC1. The van der Waals surface area contributed by atoms with Gasteiger partial charge in [0.25, 0.3) is 0 Å². The normalized spacial score (nSPS) is 17.0. The van der Waals surface area contributed by atoms with Crippen molar-refractivity contribution < 1.29 is 9.47 Å². The molecular weight excluding hydrogens is 316 g/mol. The van der Waals surface area contributed by atoms with Gasteiger partial charge in [0, 0.05) is 26.7 Å². The van der Waals surface area contributed by atoms with E-state index in [-0.39, 0.29) is 0 Å². The van der Waals surface area contributed by atoms with Gasteiger partial charge >= 0.3 is 0 Å². The molecule has 0 amide bonds. The number of rotatable bonds is 13. The molecule has 1 heterocycles. The number of guanidine groups is 1. The van der Waals surface area contributed by atoms with E-state index in [1.807, 2.05) is 7.05 Å². The maximum absolute atomic E-state index is 5.56. The zero-order chi connectivity index (χ0) is 18.2. The van der Waals surface area contributed by atoms with Gasteiger partial charge in [0.2, 0.25) is 0 Å². The second-order valence-corrected chi connectivity index (χ2v) is 6.74. The van der Waals surface area contributed by atoms with E-state index in [9.17, 15) is 0 Å². The minimum atomic E-state index is 0.660. The molecule has 0 aromatic rings. The molecule has 0 atom stereocenters. The second kappa shape index (κ2) is 15.4. The van der Waals surface area contributed by atoms with Crippen LogP contribution >= 0.6 is 0 Å². The first-order chi connectivity index (χ1) is 12.3. The van der Waals surface area contributed by atoms with Gasteiger partial charge in [-0.2, -0.15) is 0 Å².